The minimum absolute atomic E-state index is 1.61. The average molecular weight is 297 g/mol. The van der Waals surface area contributed by atoms with Crippen molar-refractivity contribution in [2.75, 3.05) is 0 Å². The van der Waals surface area contributed by atoms with E-state index in [-0.39, 0.29) is 0 Å². The van der Waals surface area contributed by atoms with Gasteiger partial charge >= 0.3 is 70.1 Å². The van der Waals surface area contributed by atoms with Gasteiger partial charge in [-0.15, -0.1) is 0 Å². The molecule has 0 aromatic heterocycles. The van der Waals surface area contributed by atoms with Gasteiger partial charge in [0.1, 0.15) is 0 Å². The number of hydrogen-bond acceptors (Lipinski definition) is 2. The van der Waals surface area contributed by atoms with Crippen molar-refractivity contribution in [3.63, 3.8) is 0 Å². The van der Waals surface area contributed by atoms with Gasteiger partial charge in [0.05, 0.1) is 0 Å². The maximum atomic E-state index is 11.6. The van der Waals surface area contributed by atoms with Gasteiger partial charge < -0.3 is 0 Å². The third-order valence-corrected chi connectivity index (χ3v) is 7.12. The van der Waals surface area contributed by atoms with Crippen molar-refractivity contribution < 1.29 is 19.9 Å². The zero-order valence-electron chi connectivity index (χ0n) is 6.36. The molecule has 0 saturated heterocycles. The van der Waals surface area contributed by atoms with Gasteiger partial charge in [0, 0.05) is 0 Å². The van der Waals surface area contributed by atoms with Gasteiger partial charge in [-0.3, -0.25) is 0 Å². The molecule has 7 heteroatoms. The number of halogens is 3. The van der Waals surface area contributed by atoms with E-state index in [2.05, 4.69) is 2.52 Å². The predicted molar refractivity (Wildman–Crippen MR) is 38.6 cm³/mol. The van der Waals surface area contributed by atoms with Crippen LogP contribution >= 0.6 is 0 Å². The van der Waals surface area contributed by atoms with Crippen molar-refractivity contribution in [1.82, 2.24) is 0 Å². The van der Waals surface area contributed by atoms with Crippen LogP contribution in [0.25, 0.3) is 0 Å². The van der Waals surface area contributed by atoms with Crippen molar-refractivity contribution >= 4 is 29.9 Å². The summed E-state index contributed by atoms with van der Waals surface area (Å²) in [6.07, 6.45) is 0. The molecule has 0 spiro atoms. The van der Waals surface area contributed by atoms with Crippen LogP contribution in [0.4, 0.5) is 13.2 Å². The van der Waals surface area contributed by atoms with E-state index in [1.807, 2.05) is 0 Å². The van der Waals surface area contributed by atoms with Crippen LogP contribution in [0.3, 0.4) is 0 Å². The van der Waals surface area contributed by atoms with Crippen LogP contribution in [-0.4, -0.2) is 28.5 Å². The fourth-order valence-corrected chi connectivity index (χ4v) is 5.52. The van der Waals surface area contributed by atoms with Crippen molar-refractivity contribution in [3.05, 3.63) is 0 Å². The second-order valence-electron chi connectivity index (χ2n) is 2.88. The van der Waals surface area contributed by atoms with Gasteiger partial charge in [-0.2, -0.15) is 0 Å². The Hall–Kier alpha value is 0.699. The van der Waals surface area contributed by atoms with Crippen LogP contribution in [0.2, 0.25) is 14.8 Å². The van der Waals surface area contributed by atoms with E-state index in [0.29, 0.717) is 0 Å². The summed E-state index contributed by atoms with van der Waals surface area (Å²) in [5, 5.41) is 0. The molecular weight excluding hydrogens is 288 g/mol. The Kier molecular flexibility index (Phi) is 3.84. The van der Waals surface area contributed by atoms with E-state index >= 15 is 0 Å². The molecule has 0 aliphatic heterocycles. The molecule has 0 aliphatic rings. The second-order valence-corrected chi connectivity index (χ2v) is 17.5. The molecule has 0 saturated carbocycles. The zero-order chi connectivity index (χ0) is 9.28. The van der Waals surface area contributed by atoms with Crippen molar-refractivity contribution in [1.29, 1.82) is 0 Å². The van der Waals surface area contributed by atoms with E-state index in [9.17, 15) is 17.4 Å². The molecule has 0 bridgehead atoms. The summed E-state index contributed by atoms with van der Waals surface area (Å²) in [4.78, 5) is 4.83. The summed E-state index contributed by atoms with van der Waals surface area (Å²) in [7, 11) is 0. The maximum absolute atomic E-state index is 11.6. The fourth-order valence-electron chi connectivity index (χ4n) is 0.274. The topological polar surface area (TPSA) is 26.3 Å². The van der Waals surface area contributed by atoms with Gasteiger partial charge in [-0.25, -0.2) is 0 Å². The Morgan fingerprint density at radius 3 is 1.73 bits per heavy atom. The SMILES string of the molecule is [CH3][Sn]([CH3])([CH3])[O]S(=O)C(F)(F)F. The monoisotopic (exact) mass is 298 g/mol. The van der Waals surface area contributed by atoms with Gasteiger partial charge in [0.25, 0.3) is 0 Å². The Morgan fingerprint density at radius 1 is 1.27 bits per heavy atom. The van der Waals surface area contributed by atoms with E-state index in [1.54, 1.807) is 14.8 Å². The number of alkyl halides is 3. The summed E-state index contributed by atoms with van der Waals surface area (Å²) in [5.74, 6) is 0. The molecule has 0 aromatic carbocycles. The van der Waals surface area contributed by atoms with Gasteiger partial charge in [-0.05, 0) is 0 Å². The summed E-state index contributed by atoms with van der Waals surface area (Å²) in [5.41, 5.74) is -4.73. The van der Waals surface area contributed by atoms with Crippen LogP contribution in [0.15, 0.2) is 0 Å². The molecule has 1 atom stereocenters. The molecule has 0 rings (SSSR count). The Labute approximate surface area is 70.2 Å². The van der Waals surface area contributed by atoms with Crippen LogP contribution < -0.4 is 0 Å². The summed E-state index contributed by atoms with van der Waals surface area (Å²) in [6.45, 7) is 0. The molecular formula is C4H9F3O2SSn. The van der Waals surface area contributed by atoms with E-state index in [0.717, 1.165) is 0 Å². The molecule has 68 valence electrons. The van der Waals surface area contributed by atoms with Crippen molar-refractivity contribution in [2.45, 2.75) is 20.3 Å². The van der Waals surface area contributed by atoms with Gasteiger partial charge in [0.2, 0.25) is 0 Å². The van der Waals surface area contributed by atoms with Crippen molar-refractivity contribution in [3.8, 4) is 0 Å². The molecule has 2 nitrogen and oxygen atoms in total. The van der Waals surface area contributed by atoms with Crippen LogP contribution in [0.5, 0.6) is 0 Å². The van der Waals surface area contributed by atoms with E-state index in [1.165, 1.54) is 0 Å². The summed E-state index contributed by atoms with van der Waals surface area (Å²) in [6, 6.07) is 0. The molecule has 0 radical (unpaired) electrons. The van der Waals surface area contributed by atoms with Crippen LogP contribution in [0, 0.1) is 0 Å². The van der Waals surface area contributed by atoms with Gasteiger partial charge in [-0.1, -0.05) is 0 Å². The summed E-state index contributed by atoms with van der Waals surface area (Å²) < 4.78 is 49.4. The Bertz CT molecular complexity index is 162. The molecule has 0 amide bonds. The molecule has 0 aromatic rings. The molecule has 0 N–H and O–H groups in total. The molecule has 0 heterocycles. The molecule has 11 heavy (non-hydrogen) atoms. The first-order valence-electron chi connectivity index (χ1n) is 2.81. The molecule has 1 unspecified atom stereocenters. The third-order valence-electron chi connectivity index (χ3n) is 0.515. The van der Waals surface area contributed by atoms with E-state index < -0.39 is 35.4 Å². The number of hydrogen-bond donors (Lipinski definition) is 0. The van der Waals surface area contributed by atoms with E-state index in [4.69, 9.17) is 0 Å². The van der Waals surface area contributed by atoms with Crippen LogP contribution in [-0.2, 0) is 13.6 Å². The molecule has 0 fully saturated rings. The quantitative estimate of drug-likeness (QED) is 0.729. The average Bonchev–Trinajstić information content (AvgIpc) is 1.56. The third kappa shape index (κ3) is 5.92. The second kappa shape index (κ2) is 3.61. The predicted octanol–water partition coefficient (Wildman–Crippen LogP) is 2.02. The minimum atomic E-state index is -4.73. The van der Waals surface area contributed by atoms with Crippen molar-refractivity contribution in [2.24, 2.45) is 0 Å². The van der Waals surface area contributed by atoms with Gasteiger partial charge in [0.15, 0.2) is 0 Å². The first kappa shape index (κ1) is 11.7. The normalized spacial score (nSPS) is 16.5. The first-order chi connectivity index (χ1) is 4.63. The molecule has 0 aliphatic carbocycles. The van der Waals surface area contributed by atoms with Crippen LogP contribution in [0.1, 0.15) is 0 Å². The standard InChI is InChI=1S/CHF3O2S.3CH3.Sn/c2-1(3,4)7(5)6;;;;/h(H,5,6);3*1H3;/q;;;;+1/p-1. The Morgan fingerprint density at radius 2 is 1.64 bits per heavy atom. The number of rotatable bonds is 2. The first-order valence-corrected chi connectivity index (χ1v) is 13.6. The Balaban J connectivity index is 4.11. The fraction of sp³-hybridized carbons (Fsp3) is 1.00. The summed E-state index contributed by atoms with van der Waals surface area (Å²) >= 11 is -6.13. The zero-order valence-corrected chi connectivity index (χ0v) is 10.0.